The van der Waals surface area contributed by atoms with Gasteiger partial charge < -0.3 is 14.6 Å². The number of sulfonamides is 1. The molecule has 1 fully saturated rings. The van der Waals surface area contributed by atoms with Crippen molar-refractivity contribution in [1.29, 1.82) is 0 Å². The second-order valence-corrected chi connectivity index (χ2v) is 9.81. The van der Waals surface area contributed by atoms with Crippen LogP contribution in [-0.4, -0.2) is 67.3 Å². The number of aromatic amines is 1. The topological polar surface area (TPSA) is 95.6 Å². The Morgan fingerprint density at radius 1 is 1.29 bits per heavy atom. The molecule has 4 rings (SSSR count). The van der Waals surface area contributed by atoms with E-state index in [0.29, 0.717) is 19.0 Å². The zero-order chi connectivity index (χ0) is 22.0. The molecule has 1 aliphatic rings. The van der Waals surface area contributed by atoms with E-state index in [1.165, 1.54) is 31.1 Å². The average molecular weight is 443 g/mol. The van der Waals surface area contributed by atoms with Crippen molar-refractivity contribution in [3.05, 3.63) is 54.5 Å². The number of H-pyrrole nitrogens is 1. The van der Waals surface area contributed by atoms with Gasteiger partial charge in [-0.3, -0.25) is 9.78 Å². The molecule has 0 aliphatic carbocycles. The van der Waals surface area contributed by atoms with Crippen LogP contribution in [-0.2, 0) is 14.8 Å². The van der Waals surface area contributed by atoms with Crippen LogP contribution in [0.3, 0.4) is 0 Å². The molecule has 1 N–H and O–H groups in total. The standard InChI is InChI=1S/C22H26N4O4S/c1-25(31(28,29)18-4-3-9-23-13-18)15-22(27)26-10-7-16(8-11-26)20-14-24-21-6-5-17(30-2)12-19(20)21/h3-6,9,12-14,16,24H,7-8,10-11,15H2,1-2H3. The van der Waals surface area contributed by atoms with Crippen LogP contribution in [0.25, 0.3) is 10.9 Å². The lowest BCUT2D eigenvalue weighted by Gasteiger charge is -2.33. The number of fused-ring (bicyclic) bond motifs is 1. The molecule has 1 aliphatic heterocycles. The lowest BCUT2D eigenvalue weighted by atomic mass is 9.89. The highest BCUT2D eigenvalue weighted by Gasteiger charge is 2.29. The van der Waals surface area contributed by atoms with E-state index >= 15 is 0 Å². The molecule has 0 unspecified atom stereocenters. The predicted octanol–water partition coefficient (Wildman–Crippen LogP) is 2.60. The van der Waals surface area contributed by atoms with Crippen LogP contribution in [0.4, 0.5) is 0 Å². The molecule has 164 valence electrons. The number of rotatable bonds is 6. The summed E-state index contributed by atoms with van der Waals surface area (Å²) in [5, 5.41) is 1.14. The maximum absolute atomic E-state index is 12.8. The fraction of sp³-hybridized carbons (Fsp3) is 0.364. The molecule has 1 amide bonds. The Morgan fingerprint density at radius 2 is 2.06 bits per heavy atom. The summed E-state index contributed by atoms with van der Waals surface area (Å²) in [5.74, 6) is 0.967. The van der Waals surface area contributed by atoms with Crippen molar-refractivity contribution in [2.24, 2.45) is 0 Å². The molecule has 3 heterocycles. The Morgan fingerprint density at radius 3 is 2.74 bits per heavy atom. The number of nitrogens with zero attached hydrogens (tertiary/aromatic N) is 3. The van der Waals surface area contributed by atoms with Crippen molar-refractivity contribution in [3.8, 4) is 5.75 Å². The van der Waals surface area contributed by atoms with E-state index in [1.807, 2.05) is 24.4 Å². The maximum Gasteiger partial charge on any atom is 0.244 e. The van der Waals surface area contributed by atoms with E-state index in [-0.39, 0.29) is 17.3 Å². The van der Waals surface area contributed by atoms with Gasteiger partial charge in [0.05, 0.1) is 13.7 Å². The van der Waals surface area contributed by atoms with Crippen LogP contribution in [0, 0.1) is 0 Å². The van der Waals surface area contributed by atoms with Gasteiger partial charge in [0.2, 0.25) is 15.9 Å². The highest BCUT2D eigenvalue weighted by molar-refractivity contribution is 7.89. The number of likely N-dealkylation sites (tertiary alicyclic amines) is 1. The van der Waals surface area contributed by atoms with Crippen LogP contribution >= 0.6 is 0 Å². The Balaban J connectivity index is 1.39. The molecular formula is C22H26N4O4S. The molecule has 0 spiro atoms. The van der Waals surface area contributed by atoms with Gasteiger partial charge in [-0.2, -0.15) is 4.31 Å². The van der Waals surface area contributed by atoms with Gasteiger partial charge in [0.1, 0.15) is 10.6 Å². The SMILES string of the molecule is COc1ccc2[nH]cc(C3CCN(C(=O)CN(C)S(=O)(=O)c4cccnc4)CC3)c2c1. The molecule has 2 aromatic heterocycles. The highest BCUT2D eigenvalue weighted by atomic mass is 32.2. The number of aromatic nitrogens is 2. The molecule has 1 saturated heterocycles. The molecule has 8 nitrogen and oxygen atoms in total. The molecule has 31 heavy (non-hydrogen) atoms. The first-order valence-electron chi connectivity index (χ1n) is 10.2. The molecule has 3 aromatic rings. The number of ether oxygens (including phenoxy) is 1. The van der Waals surface area contributed by atoms with Crippen molar-refractivity contribution in [2.75, 3.05) is 33.8 Å². The second kappa shape index (κ2) is 8.68. The van der Waals surface area contributed by atoms with Crippen molar-refractivity contribution in [1.82, 2.24) is 19.2 Å². The van der Waals surface area contributed by atoms with Gasteiger partial charge in [0.25, 0.3) is 0 Å². The van der Waals surface area contributed by atoms with Crippen LogP contribution < -0.4 is 4.74 Å². The van der Waals surface area contributed by atoms with E-state index < -0.39 is 10.0 Å². The lowest BCUT2D eigenvalue weighted by molar-refractivity contribution is -0.132. The first-order valence-corrected chi connectivity index (χ1v) is 11.6. The van der Waals surface area contributed by atoms with Crippen molar-refractivity contribution in [2.45, 2.75) is 23.7 Å². The number of nitrogens with one attached hydrogen (secondary N) is 1. The smallest absolute Gasteiger partial charge is 0.244 e. The highest BCUT2D eigenvalue weighted by Crippen LogP contribution is 2.34. The number of carbonyl (C=O) groups is 1. The minimum Gasteiger partial charge on any atom is -0.497 e. The number of pyridine rings is 1. The number of methoxy groups -OCH3 is 1. The van der Waals surface area contributed by atoms with Gasteiger partial charge in [-0.15, -0.1) is 0 Å². The van der Waals surface area contributed by atoms with Gasteiger partial charge in [0.15, 0.2) is 0 Å². The Labute approximate surface area is 181 Å². The Kier molecular flexibility index (Phi) is 5.97. The zero-order valence-corrected chi connectivity index (χ0v) is 18.4. The number of likely N-dealkylation sites (N-methyl/N-ethyl adjacent to an activating group) is 1. The van der Waals surface area contributed by atoms with Crippen LogP contribution in [0.1, 0.15) is 24.3 Å². The summed E-state index contributed by atoms with van der Waals surface area (Å²) in [4.78, 5) is 21.8. The second-order valence-electron chi connectivity index (χ2n) is 7.76. The quantitative estimate of drug-likeness (QED) is 0.633. The third-order valence-electron chi connectivity index (χ3n) is 5.91. The molecule has 9 heteroatoms. The normalized spacial score (nSPS) is 15.5. The van der Waals surface area contributed by atoms with Crippen LogP contribution in [0.15, 0.2) is 53.8 Å². The van der Waals surface area contributed by atoms with Crippen molar-refractivity contribution in [3.63, 3.8) is 0 Å². The van der Waals surface area contributed by atoms with Gasteiger partial charge in [-0.05, 0) is 54.7 Å². The predicted molar refractivity (Wildman–Crippen MR) is 117 cm³/mol. The van der Waals surface area contributed by atoms with E-state index in [1.54, 1.807) is 18.1 Å². The number of benzene rings is 1. The first kappa shape index (κ1) is 21.3. The first-order chi connectivity index (χ1) is 14.9. The number of hydrogen-bond donors (Lipinski definition) is 1. The average Bonchev–Trinajstić information content (AvgIpc) is 3.22. The van der Waals surface area contributed by atoms with Gasteiger partial charge in [-0.1, -0.05) is 0 Å². The third kappa shape index (κ3) is 4.28. The maximum atomic E-state index is 12.8. The van der Waals surface area contributed by atoms with Gasteiger partial charge >= 0.3 is 0 Å². The number of hydrogen-bond acceptors (Lipinski definition) is 5. The number of piperidine rings is 1. The van der Waals surface area contributed by atoms with E-state index in [9.17, 15) is 13.2 Å². The molecule has 0 atom stereocenters. The van der Waals surface area contributed by atoms with E-state index in [2.05, 4.69) is 9.97 Å². The zero-order valence-electron chi connectivity index (χ0n) is 17.6. The Hall–Kier alpha value is -2.91. The molecule has 0 saturated carbocycles. The summed E-state index contributed by atoms with van der Waals surface area (Å²) in [6.07, 6.45) is 6.50. The number of amides is 1. The Bertz CT molecular complexity index is 1170. The number of carbonyl (C=O) groups excluding carboxylic acids is 1. The fourth-order valence-electron chi connectivity index (χ4n) is 4.08. The largest absolute Gasteiger partial charge is 0.497 e. The minimum absolute atomic E-state index is 0.0822. The summed E-state index contributed by atoms with van der Waals surface area (Å²) < 4.78 is 31.7. The molecule has 1 aromatic carbocycles. The monoisotopic (exact) mass is 442 g/mol. The van der Waals surface area contributed by atoms with Gasteiger partial charge in [-0.25, -0.2) is 8.42 Å². The summed E-state index contributed by atoms with van der Waals surface area (Å²) >= 11 is 0. The van der Waals surface area contributed by atoms with Crippen molar-refractivity contribution < 1.29 is 17.9 Å². The molecular weight excluding hydrogens is 416 g/mol. The summed E-state index contributed by atoms with van der Waals surface area (Å²) in [6, 6.07) is 9.02. The van der Waals surface area contributed by atoms with E-state index in [4.69, 9.17) is 4.74 Å². The van der Waals surface area contributed by atoms with Crippen LogP contribution in [0.5, 0.6) is 5.75 Å². The van der Waals surface area contributed by atoms with Gasteiger partial charge in [0, 0.05) is 49.6 Å². The minimum atomic E-state index is -3.74. The fourth-order valence-corrected chi connectivity index (χ4v) is 5.17. The summed E-state index contributed by atoms with van der Waals surface area (Å²) in [7, 11) is -0.664. The third-order valence-corrected chi connectivity index (χ3v) is 7.70. The summed E-state index contributed by atoms with van der Waals surface area (Å²) in [5.41, 5.74) is 2.30. The summed E-state index contributed by atoms with van der Waals surface area (Å²) in [6.45, 7) is 1.01. The molecule has 0 bridgehead atoms. The molecule has 0 radical (unpaired) electrons. The van der Waals surface area contributed by atoms with E-state index in [0.717, 1.165) is 33.8 Å². The van der Waals surface area contributed by atoms with Crippen molar-refractivity contribution >= 4 is 26.8 Å². The van der Waals surface area contributed by atoms with Crippen LogP contribution in [0.2, 0.25) is 0 Å². The lowest BCUT2D eigenvalue weighted by Crippen LogP contribution is -2.44.